The fraction of sp³-hybridized carbons (Fsp3) is 0.889. The summed E-state index contributed by atoms with van der Waals surface area (Å²) in [5.74, 6) is 0. The highest BCUT2D eigenvalue weighted by Crippen LogP contribution is 1.88. The molecule has 0 aromatic heterocycles. The van der Waals surface area contributed by atoms with E-state index in [1.807, 2.05) is 0 Å². The lowest BCUT2D eigenvalue weighted by Gasteiger charge is -2.21. The molecule has 0 bridgehead atoms. The Labute approximate surface area is 90.7 Å². The molecule has 0 heterocycles. The molecule has 3 N–H and O–H groups in total. The molecule has 15 heavy (non-hydrogen) atoms. The minimum absolute atomic E-state index is 0.130. The fourth-order valence-corrected chi connectivity index (χ4v) is 1.04. The number of carbonyl (C=O) groups is 1. The van der Waals surface area contributed by atoms with Crippen molar-refractivity contribution >= 4 is 6.03 Å². The third-order valence-corrected chi connectivity index (χ3v) is 1.83. The van der Waals surface area contributed by atoms with Gasteiger partial charge in [0.05, 0.1) is 13.2 Å². The van der Waals surface area contributed by atoms with Gasteiger partial charge in [0.15, 0.2) is 0 Å². The Morgan fingerprint density at radius 1 is 1.27 bits per heavy atom. The molecule has 0 saturated heterocycles. The summed E-state index contributed by atoms with van der Waals surface area (Å²) in [6.45, 7) is 3.05. The lowest BCUT2D eigenvalue weighted by molar-refractivity contribution is 0.147. The van der Waals surface area contributed by atoms with Crippen LogP contribution in [-0.2, 0) is 9.47 Å². The predicted octanol–water partition coefficient (Wildman–Crippen LogP) is -0.750. The summed E-state index contributed by atoms with van der Waals surface area (Å²) in [4.78, 5) is 13.2. The third kappa shape index (κ3) is 7.12. The van der Waals surface area contributed by atoms with E-state index in [-0.39, 0.29) is 6.03 Å². The van der Waals surface area contributed by atoms with E-state index in [1.54, 1.807) is 19.1 Å². The van der Waals surface area contributed by atoms with Crippen LogP contribution < -0.4 is 11.1 Å². The molecule has 0 spiro atoms. The number of amides is 2. The average molecular weight is 219 g/mol. The molecule has 0 aliphatic rings. The standard InChI is InChI=1S/C9H21N3O3/c1-14-7-4-11-9(13)12(5-3-10)6-8-15-2/h3-8,10H2,1-2H3,(H,11,13). The van der Waals surface area contributed by atoms with Gasteiger partial charge in [-0.2, -0.15) is 0 Å². The number of carbonyl (C=O) groups excluding carboxylic acids is 1. The van der Waals surface area contributed by atoms with Gasteiger partial charge in [0.1, 0.15) is 0 Å². The molecule has 0 aliphatic carbocycles. The van der Waals surface area contributed by atoms with E-state index in [4.69, 9.17) is 15.2 Å². The van der Waals surface area contributed by atoms with Gasteiger partial charge < -0.3 is 25.4 Å². The second-order valence-electron chi connectivity index (χ2n) is 2.99. The van der Waals surface area contributed by atoms with Crippen molar-refractivity contribution in [3.63, 3.8) is 0 Å². The van der Waals surface area contributed by atoms with Crippen molar-refractivity contribution in [1.82, 2.24) is 10.2 Å². The van der Waals surface area contributed by atoms with Crippen LogP contribution in [0.2, 0.25) is 0 Å². The number of hydrogen-bond donors (Lipinski definition) is 2. The van der Waals surface area contributed by atoms with Crippen LogP contribution in [0.1, 0.15) is 0 Å². The Bertz CT molecular complexity index is 167. The first-order chi connectivity index (χ1) is 7.26. The Hall–Kier alpha value is -0.850. The van der Waals surface area contributed by atoms with Gasteiger partial charge in [-0.3, -0.25) is 0 Å². The summed E-state index contributed by atoms with van der Waals surface area (Å²) < 4.78 is 9.74. The second kappa shape index (κ2) is 9.70. The predicted molar refractivity (Wildman–Crippen MR) is 57.8 cm³/mol. The van der Waals surface area contributed by atoms with Crippen LogP contribution >= 0.6 is 0 Å². The van der Waals surface area contributed by atoms with Gasteiger partial charge in [0.2, 0.25) is 0 Å². The molecular formula is C9H21N3O3. The zero-order valence-corrected chi connectivity index (χ0v) is 9.49. The summed E-state index contributed by atoms with van der Waals surface area (Å²) in [5, 5.41) is 2.73. The molecule has 6 nitrogen and oxygen atoms in total. The molecule has 0 aliphatic heterocycles. The number of ether oxygens (including phenoxy) is 2. The molecule has 0 aromatic rings. The highest BCUT2D eigenvalue weighted by molar-refractivity contribution is 5.74. The number of rotatable bonds is 8. The van der Waals surface area contributed by atoms with Crippen LogP contribution in [0.15, 0.2) is 0 Å². The number of methoxy groups -OCH3 is 2. The van der Waals surface area contributed by atoms with Crippen LogP contribution in [0.3, 0.4) is 0 Å². The zero-order valence-electron chi connectivity index (χ0n) is 9.49. The van der Waals surface area contributed by atoms with E-state index in [1.165, 1.54) is 0 Å². The van der Waals surface area contributed by atoms with E-state index < -0.39 is 0 Å². The van der Waals surface area contributed by atoms with Crippen LogP contribution in [0.5, 0.6) is 0 Å². The normalized spacial score (nSPS) is 10.1. The lowest BCUT2D eigenvalue weighted by atomic mass is 10.5. The maximum atomic E-state index is 11.6. The molecule has 90 valence electrons. The molecule has 0 saturated carbocycles. The summed E-state index contributed by atoms with van der Waals surface area (Å²) in [6.07, 6.45) is 0. The first-order valence-corrected chi connectivity index (χ1v) is 4.97. The first-order valence-electron chi connectivity index (χ1n) is 4.97. The van der Waals surface area contributed by atoms with Gasteiger partial charge >= 0.3 is 6.03 Å². The monoisotopic (exact) mass is 219 g/mol. The van der Waals surface area contributed by atoms with Crippen molar-refractivity contribution in [3.8, 4) is 0 Å². The number of nitrogens with two attached hydrogens (primary N) is 1. The number of nitrogens with one attached hydrogen (secondary N) is 1. The molecule has 0 fully saturated rings. The molecule has 0 unspecified atom stereocenters. The number of hydrogen-bond acceptors (Lipinski definition) is 4. The van der Waals surface area contributed by atoms with Gasteiger partial charge in [0.25, 0.3) is 0 Å². The molecule has 0 rings (SSSR count). The van der Waals surface area contributed by atoms with E-state index in [2.05, 4.69) is 5.32 Å². The SMILES string of the molecule is COCCNC(=O)N(CCN)CCOC. The van der Waals surface area contributed by atoms with Gasteiger partial charge in [-0.15, -0.1) is 0 Å². The highest BCUT2D eigenvalue weighted by Gasteiger charge is 2.10. The van der Waals surface area contributed by atoms with Crippen molar-refractivity contribution in [2.45, 2.75) is 0 Å². The molecular weight excluding hydrogens is 198 g/mol. The molecule has 0 aromatic carbocycles. The van der Waals surface area contributed by atoms with Gasteiger partial charge in [-0.05, 0) is 0 Å². The summed E-state index contributed by atoms with van der Waals surface area (Å²) in [7, 11) is 3.19. The van der Waals surface area contributed by atoms with Crippen LogP contribution in [-0.4, -0.2) is 64.5 Å². The minimum Gasteiger partial charge on any atom is -0.383 e. The topological polar surface area (TPSA) is 76.8 Å². The van der Waals surface area contributed by atoms with Gasteiger partial charge in [0, 0.05) is 40.4 Å². The molecule has 0 radical (unpaired) electrons. The fourth-order valence-electron chi connectivity index (χ4n) is 1.04. The third-order valence-electron chi connectivity index (χ3n) is 1.83. The smallest absolute Gasteiger partial charge is 0.317 e. The average Bonchev–Trinajstić information content (AvgIpc) is 2.24. The molecule has 0 atom stereocenters. The zero-order chi connectivity index (χ0) is 11.5. The number of nitrogens with zero attached hydrogens (tertiary/aromatic N) is 1. The Kier molecular flexibility index (Phi) is 9.15. The minimum atomic E-state index is -0.130. The number of urea groups is 1. The van der Waals surface area contributed by atoms with E-state index >= 15 is 0 Å². The van der Waals surface area contributed by atoms with E-state index in [0.717, 1.165) is 0 Å². The summed E-state index contributed by atoms with van der Waals surface area (Å²) in [5.41, 5.74) is 5.41. The maximum Gasteiger partial charge on any atom is 0.317 e. The van der Waals surface area contributed by atoms with Crippen LogP contribution in [0.25, 0.3) is 0 Å². The van der Waals surface area contributed by atoms with Crippen LogP contribution in [0, 0.1) is 0 Å². The van der Waals surface area contributed by atoms with Crippen LogP contribution in [0.4, 0.5) is 4.79 Å². The van der Waals surface area contributed by atoms with Crippen molar-refractivity contribution in [2.75, 3.05) is 53.6 Å². The van der Waals surface area contributed by atoms with Crippen molar-refractivity contribution in [2.24, 2.45) is 5.73 Å². The lowest BCUT2D eigenvalue weighted by Crippen LogP contribution is -2.44. The maximum absolute atomic E-state index is 11.6. The Balaban J connectivity index is 3.81. The van der Waals surface area contributed by atoms with Gasteiger partial charge in [-0.25, -0.2) is 4.79 Å². The highest BCUT2D eigenvalue weighted by atomic mass is 16.5. The molecule has 2 amide bonds. The largest absolute Gasteiger partial charge is 0.383 e. The van der Waals surface area contributed by atoms with E-state index in [0.29, 0.717) is 39.4 Å². The second-order valence-corrected chi connectivity index (χ2v) is 2.99. The van der Waals surface area contributed by atoms with Crippen molar-refractivity contribution in [3.05, 3.63) is 0 Å². The Morgan fingerprint density at radius 2 is 1.93 bits per heavy atom. The quantitative estimate of drug-likeness (QED) is 0.527. The summed E-state index contributed by atoms with van der Waals surface area (Å²) in [6, 6.07) is -0.130. The first kappa shape index (κ1) is 14.2. The van der Waals surface area contributed by atoms with Crippen molar-refractivity contribution in [1.29, 1.82) is 0 Å². The summed E-state index contributed by atoms with van der Waals surface area (Å²) >= 11 is 0. The molecule has 6 heteroatoms. The Morgan fingerprint density at radius 3 is 2.47 bits per heavy atom. The van der Waals surface area contributed by atoms with Gasteiger partial charge in [-0.1, -0.05) is 0 Å². The van der Waals surface area contributed by atoms with E-state index in [9.17, 15) is 4.79 Å². The van der Waals surface area contributed by atoms with Crippen molar-refractivity contribution < 1.29 is 14.3 Å².